The molecular formula is C15H18N4O5. The standard InChI is InChI=1S/C15H18N4O5/c1-4-5-8-6-10-12(24-15(21)19(10)14(20)16-8)9-7-11(22-2)18-13(17-9)23-3/h4,7-8,10,12H,1,5-6H2,2-3H3,(H,16,20)/t8-,10-,12-/m1/s1. The van der Waals surface area contributed by atoms with Gasteiger partial charge in [0, 0.05) is 12.1 Å². The quantitative estimate of drug-likeness (QED) is 0.812. The van der Waals surface area contributed by atoms with Crippen LogP contribution in [0.25, 0.3) is 0 Å². The number of amides is 3. The number of nitrogens with one attached hydrogen (secondary N) is 1. The summed E-state index contributed by atoms with van der Waals surface area (Å²) in [5, 5.41) is 2.77. The Morgan fingerprint density at radius 2 is 2.21 bits per heavy atom. The molecule has 2 aliphatic heterocycles. The Hall–Kier alpha value is -2.84. The summed E-state index contributed by atoms with van der Waals surface area (Å²) < 4.78 is 15.6. The van der Waals surface area contributed by atoms with E-state index in [0.717, 1.165) is 4.90 Å². The number of hydrogen-bond donors (Lipinski definition) is 1. The summed E-state index contributed by atoms with van der Waals surface area (Å²) in [6, 6.07) is 0.624. The SMILES string of the molecule is C=CC[C@@H]1C[C@@H]2[C@@H](c3cc(OC)nc(OC)n3)OC(=O)N2C(=O)N1. The first-order valence-corrected chi connectivity index (χ1v) is 7.45. The Balaban J connectivity index is 1.94. The summed E-state index contributed by atoms with van der Waals surface area (Å²) in [5.74, 6) is 0.286. The number of aromatic nitrogens is 2. The molecule has 0 saturated carbocycles. The van der Waals surface area contributed by atoms with Gasteiger partial charge in [0.05, 0.1) is 26.0 Å². The second-order valence-electron chi connectivity index (χ2n) is 5.47. The van der Waals surface area contributed by atoms with Crippen molar-refractivity contribution in [1.29, 1.82) is 0 Å². The third-order valence-corrected chi connectivity index (χ3v) is 4.01. The van der Waals surface area contributed by atoms with E-state index in [9.17, 15) is 9.59 Å². The van der Waals surface area contributed by atoms with Gasteiger partial charge in [-0.25, -0.2) is 14.5 Å². The van der Waals surface area contributed by atoms with Crippen LogP contribution < -0.4 is 14.8 Å². The van der Waals surface area contributed by atoms with E-state index in [1.165, 1.54) is 14.2 Å². The molecule has 3 rings (SSSR count). The Bertz CT molecular complexity index is 658. The molecule has 0 spiro atoms. The Morgan fingerprint density at radius 1 is 1.42 bits per heavy atom. The van der Waals surface area contributed by atoms with Crippen molar-refractivity contribution in [2.75, 3.05) is 14.2 Å². The summed E-state index contributed by atoms with van der Waals surface area (Å²) in [6.45, 7) is 3.69. The molecule has 2 fully saturated rings. The number of urea groups is 1. The van der Waals surface area contributed by atoms with Gasteiger partial charge in [-0.3, -0.25) is 0 Å². The minimum absolute atomic E-state index is 0.0988. The van der Waals surface area contributed by atoms with Crippen LogP contribution in [-0.2, 0) is 4.74 Å². The lowest BCUT2D eigenvalue weighted by Gasteiger charge is -2.33. The Morgan fingerprint density at radius 3 is 2.88 bits per heavy atom. The topological polar surface area (TPSA) is 103 Å². The van der Waals surface area contributed by atoms with Crippen molar-refractivity contribution in [3.05, 3.63) is 24.4 Å². The fourth-order valence-corrected chi connectivity index (χ4v) is 2.95. The molecule has 2 saturated heterocycles. The van der Waals surface area contributed by atoms with Crippen LogP contribution in [0.4, 0.5) is 9.59 Å². The molecule has 0 bridgehead atoms. The first kappa shape index (κ1) is 16.0. The molecule has 3 heterocycles. The molecule has 24 heavy (non-hydrogen) atoms. The lowest BCUT2D eigenvalue weighted by molar-refractivity contribution is 0.126. The number of nitrogens with zero attached hydrogens (tertiary/aromatic N) is 3. The molecule has 2 aliphatic rings. The molecule has 3 amide bonds. The maximum atomic E-state index is 12.2. The predicted octanol–water partition coefficient (Wildman–Crippen LogP) is 1.41. The van der Waals surface area contributed by atoms with Gasteiger partial charge in [-0.2, -0.15) is 9.97 Å². The van der Waals surface area contributed by atoms with Crippen LogP contribution in [0.3, 0.4) is 0 Å². The minimum atomic E-state index is -0.707. The number of imide groups is 1. The number of methoxy groups -OCH3 is 2. The number of cyclic esters (lactones) is 1. The van der Waals surface area contributed by atoms with E-state index < -0.39 is 24.3 Å². The molecule has 3 atom stereocenters. The van der Waals surface area contributed by atoms with E-state index in [-0.39, 0.29) is 17.9 Å². The number of fused-ring (bicyclic) bond motifs is 1. The van der Waals surface area contributed by atoms with E-state index in [0.29, 0.717) is 18.5 Å². The second-order valence-corrected chi connectivity index (χ2v) is 5.47. The van der Waals surface area contributed by atoms with E-state index in [1.54, 1.807) is 12.1 Å². The highest BCUT2D eigenvalue weighted by Crippen LogP contribution is 2.37. The van der Waals surface area contributed by atoms with E-state index in [1.807, 2.05) is 0 Å². The minimum Gasteiger partial charge on any atom is -0.481 e. The first-order chi connectivity index (χ1) is 11.6. The summed E-state index contributed by atoms with van der Waals surface area (Å²) in [5.41, 5.74) is 0.423. The number of ether oxygens (including phenoxy) is 3. The molecule has 0 radical (unpaired) electrons. The van der Waals surface area contributed by atoms with Crippen LogP contribution in [0.2, 0.25) is 0 Å². The van der Waals surface area contributed by atoms with Crippen LogP contribution in [0.1, 0.15) is 24.6 Å². The zero-order chi connectivity index (χ0) is 17.3. The van der Waals surface area contributed by atoms with Crippen molar-refractivity contribution in [1.82, 2.24) is 20.2 Å². The molecule has 128 valence electrons. The van der Waals surface area contributed by atoms with E-state index in [2.05, 4.69) is 21.9 Å². The predicted molar refractivity (Wildman–Crippen MR) is 81.7 cm³/mol. The zero-order valence-corrected chi connectivity index (χ0v) is 13.4. The number of carbonyl (C=O) groups excluding carboxylic acids is 2. The molecule has 0 unspecified atom stereocenters. The third kappa shape index (κ3) is 2.72. The fourth-order valence-electron chi connectivity index (χ4n) is 2.95. The van der Waals surface area contributed by atoms with Gasteiger partial charge in [-0.05, 0) is 12.8 Å². The molecule has 1 aromatic heterocycles. The van der Waals surface area contributed by atoms with Crippen LogP contribution in [0.5, 0.6) is 11.9 Å². The van der Waals surface area contributed by atoms with Crippen LogP contribution in [-0.4, -0.2) is 53.3 Å². The highest BCUT2D eigenvalue weighted by Gasteiger charge is 2.50. The molecule has 1 N–H and O–H groups in total. The average molecular weight is 334 g/mol. The largest absolute Gasteiger partial charge is 0.481 e. The molecule has 0 aliphatic carbocycles. The van der Waals surface area contributed by atoms with E-state index >= 15 is 0 Å². The van der Waals surface area contributed by atoms with Gasteiger partial charge in [0.2, 0.25) is 5.88 Å². The van der Waals surface area contributed by atoms with Gasteiger partial charge in [0.25, 0.3) is 0 Å². The van der Waals surface area contributed by atoms with Gasteiger partial charge >= 0.3 is 18.1 Å². The highest BCUT2D eigenvalue weighted by molar-refractivity contribution is 5.93. The van der Waals surface area contributed by atoms with Gasteiger partial charge < -0.3 is 19.5 Å². The van der Waals surface area contributed by atoms with E-state index in [4.69, 9.17) is 14.2 Å². The summed E-state index contributed by atoms with van der Waals surface area (Å²) in [4.78, 5) is 33.6. The third-order valence-electron chi connectivity index (χ3n) is 4.01. The van der Waals surface area contributed by atoms with Crippen molar-refractivity contribution >= 4 is 12.1 Å². The summed E-state index contributed by atoms with van der Waals surface area (Å²) in [6.07, 6.45) is 1.46. The fraction of sp³-hybridized carbons (Fsp3) is 0.467. The van der Waals surface area contributed by atoms with Gasteiger partial charge in [0.15, 0.2) is 6.10 Å². The summed E-state index contributed by atoms with van der Waals surface area (Å²) in [7, 11) is 2.90. The van der Waals surface area contributed by atoms with Crippen molar-refractivity contribution in [3.63, 3.8) is 0 Å². The first-order valence-electron chi connectivity index (χ1n) is 7.45. The van der Waals surface area contributed by atoms with Crippen molar-refractivity contribution in [3.8, 4) is 11.9 Å². The molecular weight excluding hydrogens is 316 g/mol. The van der Waals surface area contributed by atoms with Crippen molar-refractivity contribution in [2.24, 2.45) is 0 Å². The highest BCUT2D eigenvalue weighted by atomic mass is 16.6. The lowest BCUT2D eigenvalue weighted by atomic mass is 9.95. The van der Waals surface area contributed by atoms with Gasteiger partial charge in [-0.1, -0.05) is 6.08 Å². The Kier molecular flexibility index (Phi) is 4.24. The Labute approximate surface area is 138 Å². The molecule has 1 aromatic rings. The molecule has 9 heteroatoms. The summed E-state index contributed by atoms with van der Waals surface area (Å²) >= 11 is 0. The normalized spacial score (nSPS) is 25.6. The monoisotopic (exact) mass is 334 g/mol. The van der Waals surface area contributed by atoms with Crippen molar-refractivity contribution in [2.45, 2.75) is 31.0 Å². The smallest absolute Gasteiger partial charge is 0.419 e. The van der Waals surface area contributed by atoms with Crippen molar-refractivity contribution < 1.29 is 23.8 Å². The number of rotatable bonds is 5. The second kappa shape index (κ2) is 6.34. The molecule has 0 aromatic carbocycles. The van der Waals surface area contributed by atoms with Gasteiger partial charge in [-0.15, -0.1) is 6.58 Å². The maximum absolute atomic E-state index is 12.2. The van der Waals surface area contributed by atoms with Gasteiger partial charge in [0.1, 0.15) is 0 Å². The number of hydrogen-bond acceptors (Lipinski definition) is 7. The van der Waals surface area contributed by atoms with Crippen LogP contribution >= 0.6 is 0 Å². The van der Waals surface area contributed by atoms with Crippen LogP contribution in [0.15, 0.2) is 18.7 Å². The molecule has 9 nitrogen and oxygen atoms in total. The lowest BCUT2D eigenvalue weighted by Crippen LogP contribution is -2.56. The maximum Gasteiger partial charge on any atom is 0.419 e. The zero-order valence-electron chi connectivity index (χ0n) is 13.4. The average Bonchev–Trinajstić information content (AvgIpc) is 2.91. The van der Waals surface area contributed by atoms with Crippen LogP contribution in [0, 0.1) is 0 Å². The number of carbonyl (C=O) groups is 2.